The first kappa shape index (κ1) is 22.3. The minimum Gasteiger partial charge on any atom is -0.772 e. The van der Waals surface area contributed by atoms with Crippen LogP contribution in [0.4, 0.5) is 0 Å². The molecule has 1 amide bonds. The molecule has 1 aromatic rings. The molecule has 2 atom stereocenters. The number of carbonyl (C=O) groups excluding carboxylic acids is 1. The Bertz CT molecular complexity index is 658. The number of rotatable bonds is 6. The van der Waals surface area contributed by atoms with Gasteiger partial charge in [0.2, 0.25) is 0 Å². The Morgan fingerprint density at radius 3 is 2.31 bits per heavy atom. The zero-order chi connectivity index (χ0) is 19.9. The molecule has 1 aromatic carbocycles. The highest BCUT2D eigenvalue weighted by molar-refractivity contribution is 7.79. The van der Waals surface area contributed by atoms with Crippen LogP contribution in [0.25, 0.3) is 0 Å². The second-order valence-electron chi connectivity index (χ2n) is 7.23. The number of amides is 1. The molecule has 1 aliphatic heterocycles. The molecule has 0 saturated carbocycles. The van der Waals surface area contributed by atoms with Gasteiger partial charge >= 0.3 is 0 Å². The molecule has 0 aromatic heterocycles. The predicted molar refractivity (Wildman–Crippen MR) is 105 cm³/mol. The van der Waals surface area contributed by atoms with Gasteiger partial charge in [0.25, 0.3) is 5.91 Å². The van der Waals surface area contributed by atoms with Gasteiger partial charge < -0.3 is 10.3 Å². The molecule has 1 aliphatic rings. The maximum absolute atomic E-state index is 12.6. The van der Waals surface area contributed by atoms with Gasteiger partial charge in [0.15, 0.2) is 5.96 Å². The van der Waals surface area contributed by atoms with E-state index in [2.05, 4.69) is 18.8 Å². The number of nitrogens with two attached hydrogens (primary N) is 1. The van der Waals surface area contributed by atoms with Crippen LogP contribution < -0.4 is 5.73 Å². The third-order valence-corrected chi connectivity index (χ3v) is 4.72. The average Bonchev–Trinajstić information content (AvgIpc) is 2.72. The Morgan fingerprint density at radius 1 is 1.31 bits per heavy atom. The van der Waals surface area contributed by atoms with E-state index >= 15 is 0 Å². The van der Waals surface area contributed by atoms with E-state index in [1.54, 1.807) is 4.90 Å². The van der Waals surface area contributed by atoms with Crippen molar-refractivity contribution >= 4 is 22.9 Å². The van der Waals surface area contributed by atoms with Gasteiger partial charge in [-0.3, -0.25) is 13.9 Å². The number of aryl methyl sites for hydroxylation is 1. The first-order chi connectivity index (χ1) is 12.1. The van der Waals surface area contributed by atoms with E-state index in [0.717, 1.165) is 18.4 Å². The number of hydrogen-bond acceptors (Lipinski definition) is 5. The molecule has 26 heavy (non-hydrogen) atoms. The SMILES string of the molecule is CCCS(=O)[O-].Cc1ccc(CN2C(=O)C(C)(CC(C)C)N=C2N)cc1. The van der Waals surface area contributed by atoms with Crippen LogP contribution in [0.3, 0.4) is 0 Å². The maximum Gasteiger partial charge on any atom is 0.257 e. The van der Waals surface area contributed by atoms with Crippen molar-refractivity contribution in [2.75, 3.05) is 5.75 Å². The van der Waals surface area contributed by atoms with Gasteiger partial charge in [-0.1, -0.05) is 61.7 Å². The van der Waals surface area contributed by atoms with Crippen molar-refractivity contribution in [3.8, 4) is 0 Å². The van der Waals surface area contributed by atoms with Gasteiger partial charge in [-0.2, -0.15) is 0 Å². The van der Waals surface area contributed by atoms with E-state index in [1.165, 1.54) is 5.56 Å². The molecular weight excluding hydrogens is 350 g/mol. The van der Waals surface area contributed by atoms with Gasteiger partial charge in [0, 0.05) is 5.75 Å². The molecule has 1 heterocycles. The molecule has 7 heteroatoms. The molecule has 6 nitrogen and oxygen atoms in total. The van der Waals surface area contributed by atoms with Gasteiger partial charge in [-0.05, 0) is 38.2 Å². The van der Waals surface area contributed by atoms with Crippen molar-refractivity contribution < 1.29 is 13.6 Å². The fourth-order valence-electron chi connectivity index (χ4n) is 2.88. The summed E-state index contributed by atoms with van der Waals surface area (Å²) in [5, 5.41) is 0. The number of carbonyl (C=O) groups is 1. The standard InChI is InChI=1S/C16H23N3O.C3H8O2S/c1-11(2)9-16(4)14(20)19(15(17)18-16)10-13-7-5-12(3)6-8-13;1-2-3-6(4)5/h5-8,11H,9-10H2,1-4H3,(H2,17,18);2-3H2,1H3,(H,4,5)/p-1. The highest BCUT2D eigenvalue weighted by atomic mass is 32.2. The normalized spacial score (nSPS) is 20.7. The summed E-state index contributed by atoms with van der Waals surface area (Å²) in [5.74, 6) is 1.03. The first-order valence-corrected chi connectivity index (χ1v) is 10.1. The van der Waals surface area contributed by atoms with Crippen molar-refractivity contribution in [2.24, 2.45) is 16.6 Å². The fraction of sp³-hybridized carbons (Fsp3) is 0.579. The summed E-state index contributed by atoms with van der Waals surface area (Å²) in [6.45, 7) is 10.4. The molecule has 146 valence electrons. The molecule has 0 saturated heterocycles. The van der Waals surface area contributed by atoms with E-state index in [-0.39, 0.29) is 5.91 Å². The molecule has 2 rings (SSSR count). The number of benzene rings is 1. The maximum atomic E-state index is 12.6. The molecule has 2 unspecified atom stereocenters. The summed E-state index contributed by atoms with van der Waals surface area (Å²) in [6.07, 6.45) is 1.44. The zero-order valence-corrected chi connectivity index (χ0v) is 17.1. The van der Waals surface area contributed by atoms with Crippen LogP contribution >= 0.6 is 0 Å². The lowest BCUT2D eigenvalue weighted by Crippen LogP contribution is -2.43. The van der Waals surface area contributed by atoms with Crippen molar-refractivity contribution in [3.63, 3.8) is 0 Å². The fourth-order valence-corrected chi connectivity index (χ4v) is 3.21. The van der Waals surface area contributed by atoms with Gasteiger partial charge in [-0.25, -0.2) is 4.99 Å². The second kappa shape index (κ2) is 9.83. The van der Waals surface area contributed by atoms with Crippen molar-refractivity contribution in [2.45, 2.75) is 59.5 Å². The zero-order valence-electron chi connectivity index (χ0n) is 16.3. The predicted octanol–water partition coefficient (Wildman–Crippen LogP) is 2.73. The van der Waals surface area contributed by atoms with Gasteiger partial charge in [-0.15, -0.1) is 0 Å². The van der Waals surface area contributed by atoms with Crippen LogP contribution in [-0.4, -0.2) is 36.8 Å². The van der Waals surface area contributed by atoms with Crippen LogP contribution in [0.2, 0.25) is 0 Å². The summed E-state index contributed by atoms with van der Waals surface area (Å²) in [4.78, 5) is 18.6. The lowest BCUT2D eigenvalue weighted by Gasteiger charge is -2.23. The van der Waals surface area contributed by atoms with Crippen molar-refractivity contribution in [1.82, 2.24) is 4.90 Å². The molecule has 0 radical (unpaired) electrons. The van der Waals surface area contributed by atoms with Crippen LogP contribution in [0.1, 0.15) is 51.7 Å². The van der Waals surface area contributed by atoms with Gasteiger partial charge in [0.1, 0.15) is 5.54 Å². The largest absolute Gasteiger partial charge is 0.772 e. The molecule has 2 N–H and O–H groups in total. The van der Waals surface area contributed by atoms with E-state index < -0.39 is 16.6 Å². The van der Waals surface area contributed by atoms with E-state index in [4.69, 9.17) is 5.73 Å². The summed E-state index contributed by atoms with van der Waals surface area (Å²) in [7, 11) is 0. The Labute approximate surface area is 159 Å². The van der Waals surface area contributed by atoms with E-state index in [0.29, 0.717) is 24.2 Å². The number of aliphatic imine (C=N–C) groups is 1. The summed E-state index contributed by atoms with van der Waals surface area (Å²) in [6, 6.07) is 8.12. The quantitative estimate of drug-likeness (QED) is 0.767. The van der Waals surface area contributed by atoms with Gasteiger partial charge in [0.05, 0.1) is 6.54 Å². The third-order valence-electron chi connectivity index (χ3n) is 3.98. The Kier molecular flexibility index (Phi) is 8.43. The number of guanidine groups is 1. The monoisotopic (exact) mass is 380 g/mol. The van der Waals surface area contributed by atoms with Crippen LogP contribution in [-0.2, 0) is 22.4 Å². The first-order valence-electron chi connectivity index (χ1n) is 8.87. The smallest absolute Gasteiger partial charge is 0.257 e. The lowest BCUT2D eigenvalue weighted by molar-refractivity contribution is -0.131. The minimum absolute atomic E-state index is 0.00396. The molecular formula is C19H30N3O3S-. The molecule has 0 fully saturated rings. The van der Waals surface area contributed by atoms with Crippen LogP contribution in [0.15, 0.2) is 29.3 Å². The highest BCUT2D eigenvalue weighted by Crippen LogP contribution is 2.29. The summed E-state index contributed by atoms with van der Waals surface area (Å²) in [5.41, 5.74) is 7.52. The molecule has 0 bridgehead atoms. The lowest BCUT2D eigenvalue weighted by atomic mass is 9.91. The molecule has 0 spiro atoms. The van der Waals surface area contributed by atoms with Crippen LogP contribution in [0, 0.1) is 12.8 Å². The molecule has 0 aliphatic carbocycles. The van der Waals surface area contributed by atoms with E-state index in [9.17, 15) is 13.6 Å². The Balaban J connectivity index is 0.000000487. The Morgan fingerprint density at radius 2 is 1.88 bits per heavy atom. The van der Waals surface area contributed by atoms with E-state index in [1.807, 2.05) is 45.0 Å². The summed E-state index contributed by atoms with van der Waals surface area (Å²) >= 11 is -1.82. The van der Waals surface area contributed by atoms with Crippen molar-refractivity contribution in [1.29, 1.82) is 0 Å². The average molecular weight is 381 g/mol. The highest BCUT2D eigenvalue weighted by Gasteiger charge is 2.43. The van der Waals surface area contributed by atoms with Crippen LogP contribution in [0.5, 0.6) is 0 Å². The third kappa shape index (κ3) is 6.53. The number of nitrogens with zero attached hydrogens (tertiary/aromatic N) is 2. The summed E-state index contributed by atoms with van der Waals surface area (Å²) < 4.78 is 19.2. The second-order valence-corrected chi connectivity index (χ2v) is 8.24. The minimum atomic E-state index is -1.82. The Hall–Kier alpha value is -1.73. The van der Waals surface area contributed by atoms with Crippen molar-refractivity contribution in [3.05, 3.63) is 35.4 Å². The topological polar surface area (TPSA) is 98.8 Å². The number of hydrogen-bond donors (Lipinski definition) is 1.